The van der Waals surface area contributed by atoms with Crippen molar-refractivity contribution in [3.63, 3.8) is 0 Å². The van der Waals surface area contributed by atoms with Crippen molar-refractivity contribution in [1.82, 2.24) is 5.32 Å². The molecule has 0 aliphatic heterocycles. The number of rotatable bonds is 10. The maximum absolute atomic E-state index is 12.7. The average molecular weight is 473 g/mol. The van der Waals surface area contributed by atoms with E-state index >= 15 is 0 Å². The first-order valence-electron chi connectivity index (χ1n) is 12.2. The van der Waals surface area contributed by atoms with Gasteiger partial charge in [0.15, 0.2) is 0 Å². The first kappa shape index (κ1) is 26.2. The molecule has 0 spiro atoms. The van der Waals surface area contributed by atoms with Crippen molar-refractivity contribution in [2.75, 3.05) is 6.54 Å². The zero-order chi connectivity index (χ0) is 25.5. The Kier molecular flexibility index (Phi) is 8.83. The lowest BCUT2D eigenvalue weighted by Gasteiger charge is -2.22. The Hall–Kier alpha value is -3.44. The van der Waals surface area contributed by atoms with Crippen LogP contribution < -0.4 is 11.1 Å². The summed E-state index contributed by atoms with van der Waals surface area (Å²) >= 11 is 0. The molecule has 0 saturated heterocycles. The zero-order valence-electron chi connectivity index (χ0n) is 21.0. The van der Waals surface area contributed by atoms with Crippen LogP contribution in [0.5, 0.6) is 0 Å². The number of carbonyl (C=O) groups excluding carboxylic acids is 1. The van der Waals surface area contributed by atoms with E-state index in [0.29, 0.717) is 23.9 Å². The molecule has 3 rings (SSSR count). The maximum atomic E-state index is 12.7. The van der Waals surface area contributed by atoms with Gasteiger partial charge in [0, 0.05) is 18.0 Å². The van der Waals surface area contributed by atoms with Gasteiger partial charge in [-0.05, 0) is 58.2 Å². The van der Waals surface area contributed by atoms with Crippen LogP contribution in [0.4, 0.5) is 0 Å². The van der Waals surface area contributed by atoms with E-state index in [-0.39, 0.29) is 18.2 Å². The molecule has 0 bridgehead atoms. The van der Waals surface area contributed by atoms with Gasteiger partial charge in [-0.3, -0.25) is 9.59 Å². The molecule has 5 nitrogen and oxygen atoms in total. The number of nitrogens with two attached hydrogens (primary N) is 1. The van der Waals surface area contributed by atoms with Crippen LogP contribution >= 0.6 is 0 Å². The van der Waals surface area contributed by atoms with Crippen molar-refractivity contribution >= 4 is 11.9 Å². The molecule has 5 heteroatoms. The van der Waals surface area contributed by atoms with Gasteiger partial charge in [0.05, 0.1) is 0 Å². The number of carboxylic acids is 1. The van der Waals surface area contributed by atoms with Gasteiger partial charge >= 0.3 is 5.97 Å². The zero-order valence-corrected chi connectivity index (χ0v) is 21.0. The summed E-state index contributed by atoms with van der Waals surface area (Å²) in [5.41, 5.74) is 11.8. The van der Waals surface area contributed by atoms with E-state index in [1.807, 2.05) is 0 Å². The van der Waals surface area contributed by atoms with Crippen LogP contribution in [-0.2, 0) is 11.2 Å². The van der Waals surface area contributed by atoms with Gasteiger partial charge in [0.1, 0.15) is 6.04 Å². The van der Waals surface area contributed by atoms with Crippen molar-refractivity contribution in [1.29, 1.82) is 0 Å². The molecule has 3 aromatic rings. The van der Waals surface area contributed by atoms with E-state index in [9.17, 15) is 9.59 Å². The van der Waals surface area contributed by atoms with E-state index < -0.39 is 12.0 Å². The lowest BCUT2D eigenvalue weighted by molar-refractivity contribution is -0.138. The molecule has 0 fully saturated rings. The van der Waals surface area contributed by atoms with Gasteiger partial charge in [-0.25, -0.2) is 0 Å². The van der Waals surface area contributed by atoms with Gasteiger partial charge in [-0.15, -0.1) is 0 Å². The van der Waals surface area contributed by atoms with Gasteiger partial charge in [-0.2, -0.15) is 0 Å². The Morgan fingerprint density at radius 1 is 0.857 bits per heavy atom. The molecule has 0 radical (unpaired) electrons. The largest absolute Gasteiger partial charge is 0.480 e. The van der Waals surface area contributed by atoms with Gasteiger partial charge in [0.25, 0.3) is 5.91 Å². The van der Waals surface area contributed by atoms with Crippen LogP contribution in [0.15, 0.2) is 72.8 Å². The Morgan fingerprint density at radius 2 is 1.51 bits per heavy atom. The minimum Gasteiger partial charge on any atom is -0.480 e. The van der Waals surface area contributed by atoms with E-state index in [1.165, 1.54) is 22.3 Å². The second kappa shape index (κ2) is 11.8. The van der Waals surface area contributed by atoms with Gasteiger partial charge in [0.2, 0.25) is 0 Å². The maximum Gasteiger partial charge on any atom is 0.320 e. The topological polar surface area (TPSA) is 92.4 Å². The van der Waals surface area contributed by atoms with Crippen LogP contribution in [0.1, 0.15) is 66.6 Å². The average Bonchev–Trinajstić information content (AvgIpc) is 2.84. The molecule has 0 aromatic heterocycles. The molecule has 35 heavy (non-hydrogen) atoms. The van der Waals surface area contributed by atoms with Crippen LogP contribution in [0.2, 0.25) is 0 Å². The summed E-state index contributed by atoms with van der Waals surface area (Å²) in [6, 6.07) is 23.3. The fourth-order valence-electron chi connectivity index (χ4n) is 4.18. The normalized spacial score (nSPS) is 13.0. The monoisotopic (exact) mass is 472 g/mol. The van der Waals surface area contributed by atoms with E-state index in [2.05, 4.69) is 81.5 Å². The van der Waals surface area contributed by atoms with Crippen molar-refractivity contribution in [3.05, 3.63) is 95.1 Å². The second-order valence-electron chi connectivity index (χ2n) is 9.81. The fraction of sp³-hybridized carbons (Fsp3) is 0.333. The molecule has 0 saturated carbocycles. The number of carbonyl (C=O) groups is 2. The molecule has 2 atom stereocenters. The van der Waals surface area contributed by atoms with Crippen LogP contribution in [-0.4, -0.2) is 29.6 Å². The summed E-state index contributed by atoms with van der Waals surface area (Å²) in [4.78, 5) is 23.7. The lowest BCUT2D eigenvalue weighted by Crippen LogP contribution is -2.32. The molecule has 3 aromatic carbocycles. The van der Waals surface area contributed by atoms with Crippen LogP contribution in [0, 0.1) is 5.92 Å². The SMILES string of the molecule is CC(C)c1cccc(-c2ccc([C@H](CNC(=O)c3ccc(C[C@@H](N)C(=O)O)cc3)C(C)C)cc2)c1. The molecule has 0 heterocycles. The Labute approximate surface area is 208 Å². The number of benzene rings is 3. The summed E-state index contributed by atoms with van der Waals surface area (Å²) in [5, 5.41) is 12.0. The van der Waals surface area contributed by atoms with Crippen LogP contribution in [0.25, 0.3) is 11.1 Å². The third-order valence-electron chi connectivity index (χ3n) is 6.50. The highest BCUT2D eigenvalue weighted by Crippen LogP contribution is 2.28. The smallest absolute Gasteiger partial charge is 0.320 e. The summed E-state index contributed by atoms with van der Waals surface area (Å²) in [6.45, 7) is 9.26. The minimum atomic E-state index is -1.04. The van der Waals surface area contributed by atoms with Gasteiger partial charge < -0.3 is 16.2 Å². The second-order valence-corrected chi connectivity index (χ2v) is 9.81. The summed E-state index contributed by atoms with van der Waals surface area (Å²) in [5.74, 6) is -0.162. The van der Waals surface area contributed by atoms with Crippen molar-refractivity contribution in [3.8, 4) is 11.1 Å². The highest BCUT2D eigenvalue weighted by atomic mass is 16.4. The Morgan fingerprint density at radius 3 is 2.09 bits per heavy atom. The predicted molar refractivity (Wildman–Crippen MR) is 142 cm³/mol. The van der Waals surface area contributed by atoms with E-state index in [1.54, 1.807) is 24.3 Å². The third-order valence-corrected chi connectivity index (χ3v) is 6.50. The number of nitrogens with one attached hydrogen (secondary N) is 1. The molecule has 1 amide bonds. The quantitative estimate of drug-likeness (QED) is 0.358. The highest BCUT2D eigenvalue weighted by molar-refractivity contribution is 5.94. The Balaban J connectivity index is 1.65. The van der Waals surface area contributed by atoms with Crippen molar-refractivity contribution in [2.45, 2.75) is 52.0 Å². The predicted octanol–water partition coefficient (Wildman–Crippen LogP) is 5.60. The van der Waals surface area contributed by atoms with Gasteiger partial charge in [-0.1, -0.05) is 88.4 Å². The third kappa shape index (κ3) is 7.03. The number of hydrogen-bond acceptors (Lipinski definition) is 3. The molecule has 0 aliphatic carbocycles. The van der Waals surface area contributed by atoms with E-state index in [0.717, 1.165) is 5.56 Å². The minimum absolute atomic E-state index is 0.146. The standard InChI is InChI=1S/C30H36N2O3/c1-19(2)25-6-5-7-26(17-25)22-12-14-23(15-13-22)27(20(3)4)18-32-29(33)24-10-8-21(9-11-24)16-28(31)30(34)35/h5-15,17,19-20,27-28H,16,18,31H2,1-4H3,(H,32,33)(H,34,35)/t27-,28-/m1/s1. The lowest BCUT2D eigenvalue weighted by atomic mass is 9.87. The molecular weight excluding hydrogens is 436 g/mol. The summed E-state index contributed by atoms with van der Waals surface area (Å²) < 4.78 is 0. The fourth-order valence-corrected chi connectivity index (χ4v) is 4.18. The molecule has 0 unspecified atom stereocenters. The van der Waals surface area contributed by atoms with Crippen molar-refractivity contribution in [2.24, 2.45) is 11.7 Å². The highest BCUT2D eigenvalue weighted by Gasteiger charge is 2.18. The van der Waals surface area contributed by atoms with E-state index in [4.69, 9.17) is 10.8 Å². The number of aliphatic carboxylic acids is 1. The number of amides is 1. The number of hydrogen-bond donors (Lipinski definition) is 3. The molecule has 0 aliphatic rings. The molecule has 4 N–H and O–H groups in total. The number of carboxylic acid groups (broad SMARTS) is 1. The molecule has 184 valence electrons. The Bertz CT molecular complexity index is 1140. The first-order chi connectivity index (χ1) is 16.7. The molecular formula is C30H36N2O3. The first-order valence-corrected chi connectivity index (χ1v) is 12.2. The summed E-state index contributed by atoms with van der Waals surface area (Å²) in [7, 11) is 0. The van der Waals surface area contributed by atoms with Crippen molar-refractivity contribution < 1.29 is 14.7 Å². The summed E-state index contributed by atoms with van der Waals surface area (Å²) in [6.07, 6.45) is 0.227. The van der Waals surface area contributed by atoms with Crippen LogP contribution in [0.3, 0.4) is 0 Å².